The van der Waals surface area contributed by atoms with Crippen molar-refractivity contribution in [2.75, 3.05) is 5.73 Å². The van der Waals surface area contributed by atoms with Gasteiger partial charge in [0.25, 0.3) is 0 Å². The van der Waals surface area contributed by atoms with E-state index < -0.39 is 6.03 Å². The average Bonchev–Trinajstić information content (AvgIpc) is 1.94. The lowest BCUT2D eigenvalue weighted by Gasteiger charge is -1.89. The Hall–Kier alpha value is -1.91. The van der Waals surface area contributed by atoms with Gasteiger partial charge in [-0.1, -0.05) is 0 Å². The van der Waals surface area contributed by atoms with Gasteiger partial charge < -0.3 is 22.3 Å². The molecule has 0 bridgehead atoms. The molecular formula is C7H11N3O2. The molecule has 0 spiro atoms. The van der Waals surface area contributed by atoms with Gasteiger partial charge >= 0.3 is 6.03 Å². The molecule has 1 rings (SSSR count). The Morgan fingerprint density at radius 3 is 1.75 bits per heavy atom. The van der Waals surface area contributed by atoms with Gasteiger partial charge in [-0.25, -0.2) is 4.79 Å². The predicted octanol–water partition coefficient (Wildman–Crippen LogP) is -0.00180. The van der Waals surface area contributed by atoms with Gasteiger partial charge in [0, 0.05) is 5.69 Å². The molecular weight excluding hydrogens is 158 g/mol. The highest BCUT2D eigenvalue weighted by molar-refractivity contribution is 5.69. The van der Waals surface area contributed by atoms with Crippen molar-refractivity contribution < 1.29 is 9.90 Å². The van der Waals surface area contributed by atoms with E-state index in [2.05, 4.69) is 11.5 Å². The van der Waals surface area contributed by atoms with Crippen LogP contribution >= 0.6 is 0 Å². The monoisotopic (exact) mass is 169 g/mol. The van der Waals surface area contributed by atoms with Crippen LogP contribution in [-0.4, -0.2) is 11.1 Å². The summed E-state index contributed by atoms with van der Waals surface area (Å²) in [6.45, 7) is 0. The van der Waals surface area contributed by atoms with E-state index in [1.165, 1.54) is 0 Å². The first-order chi connectivity index (χ1) is 5.52. The quantitative estimate of drug-likeness (QED) is 0.323. The molecule has 1 aromatic carbocycles. The molecule has 2 amide bonds. The van der Waals surface area contributed by atoms with Crippen molar-refractivity contribution in [1.29, 1.82) is 0 Å². The Morgan fingerprint density at radius 1 is 1.17 bits per heavy atom. The lowest BCUT2D eigenvalue weighted by atomic mass is 10.3. The van der Waals surface area contributed by atoms with Crippen molar-refractivity contribution in [1.82, 2.24) is 0 Å². The van der Waals surface area contributed by atoms with Gasteiger partial charge in [0.15, 0.2) is 0 Å². The summed E-state index contributed by atoms with van der Waals surface area (Å²) in [5.74, 6) is 0.249. The molecule has 0 radical (unpaired) electrons. The summed E-state index contributed by atoms with van der Waals surface area (Å²) in [6.07, 6.45) is 0. The molecule has 5 nitrogen and oxygen atoms in total. The maximum Gasteiger partial charge on any atom is 0.309 e. The molecule has 1 aromatic rings. The Morgan fingerprint density at radius 2 is 1.50 bits per heavy atom. The second-order valence-corrected chi connectivity index (χ2v) is 1.99. The van der Waals surface area contributed by atoms with E-state index in [0.29, 0.717) is 5.69 Å². The van der Waals surface area contributed by atoms with Crippen LogP contribution < -0.4 is 17.2 Å². The van der Waals surface area contributed by atoms with E-state index in [-0.39, 0.29) is 5.75 Å². The highest BCUT2D eigenvalue weighted by Gasteiger charge is 1.82. The van der Waals surface area contributed by atoms with E-state index in [0.717, 1.165) is 0 Å². The van der Waals surface area contributed by atoms with Gasteiger partial charge in [-0.15, -0.1) is 0 Å². The van der Waals surface area contributed by atoms with Crippen LogP contribution in [0.25, 0.3) is 0 Å². The maximum absolute atomic E-state index is 9.00. The van der Waals surface area contributed by atoms with Crippen LogP contribution in [0.2, 0.25) is 0 Å². The zero-order valence-corrected chi connectivity index (χ0v) is 6.40. The average molecular weight is 169 g/mol. The fourth-order valence-corrected chi connectivity index (χ4v) is 0.474. The number of nitrogens with two attached hydrogens (primary N) is 3. The molecule has 0 aliphatic heterocycles. The van der Waals surface area contributed by atoms with Crippen LogP contribution in [0.3, 0.4) is 0 Å². The smallest absolute Gasteiger partial charge is 0.309 e. The van der Waals surface area contributed by atoms with Crippen LogP contribution in [0.4, 0.5) is 10.5 Å². The van der Waals surface area contributed by atoms with Crippen molar-refractivity contribution >= 4 is 11.7 Å². The number of anilines is 1. The summed E-state index contributed by atoms with van der Waals surface area (Å²) >= 11 is 0. The van der Waals surface area contributed by atoms with Crippen molar-refractivity contribution in [2.45, 2.75) is 0 Å². The number of urea groups is 1. The first-order valence-corrected chi connectivity index (χ1v) is 3.12. The van der Waals surface area contributed by atoms with Gasteiger partial charge in [0.05, 0.1) is 0 Å². The third-order valence-electron chi connectivity index (χ3n) is 0.893. The number of amides is 2. The number of phenols is 1. The molecule has 0 saturated heterocycles. The molecule has 0 atom stereocenters. The number of phenolic OH excluding ortho intramolecular Hbond substituents is 1. The van der Waals surface area contributed by atoms with Gasteiger partial charge in [-0.2, -0.15) is 0 Å². The molecule has 7 N–H and O–H groups in total. The fourth-order valence-electron chi connectivity index (χ4n) is 0.474. The Kier molecular flexibility index (Phi) is 4.07. The molecule has 0 fully saturated rings. The summed E-state index contributed by atoms with van der Waals surface area (Å²) in [7, 11) is 0. The second-order valence-electron chi connectivity index (χ2n) is 1.99. The number of aromatic hydroxyl groups is 1. The van der Waals surface area contributed by atoms with Crippen LogP contribution in [0.15, 0.2) is 24.3 Å². The second kappa shape index (κ2) is 4.84. The zero-order chi connectivity index (χ0) is 9.56. The Bertz CT molecular complexity index is 220. The van der Waals surface area contributed by atoms with Crippen molar-refractivity contribution in [3.05, 3.63) is 24.3 Å². The van der Waals surface area contributed by atoms with Crippen molar-refractivity contribution in [3.8, 4) is 5.75 Å². The molecule has 0 saturated carbocycles. The number of carbonyl (C=O) groups excluding carboxylic acids is 1. The number of carbonyl (C=O) groups is 1. The molecule has 0 heterocycles. The zero-order valence-electron chi connectivity index (χ0n) is 6.40. The van der Waals surface area contributed by atoms with Crippen LogP contribution in [0, 0.1) is 0 Å². The highest BCUT2D eigenvalue weighted by atomic mass is 16.3. The minimum atomic E-state index is -0.833. The van der Waals surface area contributed by atoms with Crippen LogP contribution in [0.1, 0.15) is 0 Å². The van der Waals surface area contributed by atoms with E-state index >= 15 is 0 Å². The number of hydrogen-bond donors (Lipinski definition) is 4. The molecule has 0 aliphatic carbocycles. The normalized spacial score (nSPS) is 8.00. The van der Waals surface area contributed by atoms with Gasteiger partial charge in [-0.05, 0) is 24.3 Å². The predicted molar refractivity (Wildman–Crippen MR) is 46.3 cm³/mol. The minimum Gasteiger partial charge on any atom is -0.508 e. The van der Waals surface area contributed by atoms with Gasteiger partial charge in [-0.3, -0.25) is 0 Å². The first kappa shape index (κ1) is 10.1. The number of hydrogen-bond acceptors (Lipinski definition) is 3. The van der Waals surface area contributed by atoms with Gasteiger partial charge in [0.2, 0.25) is 0 Å². The summed E-state index contributed by atoms with van der Waals surface area (Å²) < 4.78 is 0. The Labute approximate surface area is 69.8 Å². The van der Waals surface area contributed by atoms with Crippen LogP contribution in [0.5, 0.6) is 5.75 Å². The third kappa shape index (κ3) is 6.21. The number of rotatable bonds is 0. The summed E-state index contributed by atoms with van der Waals surface area (Å²) in [5.41, 5.74) is 14.5. The molecule has 66 valence electrons. The standard InChI is InChI=1S/C6H7NO.CH4N2O/c7-5-1-3-6(8)4-2-5;2-1(3)4/h1-4,8H,7H2;(H4,2,3,4). The Balaban J connectivity index is 0.000000261. The summed E-state index contributed by atoms with van der Waals surface area (Å²) in [5, 5.41) is 8.70. The largest absolute Gasteiger partial charge is 0.508 e. The minimum absolute atomic E-state index is 0.249. The molecule has 0 aromatic heterocycles. The summed E-state index contributed by atoms with van der Waals surface area (Å²) in [6, 6.07) is 5.56. The summed E-state index contributed by atoms with van der Waals surface area (Å²) in [4.78, 5) is 9.00. The lowest BCUT2D eigenvalue weighted by Crippen LogP contribution is -2.18. The topological polar surface area (TPSA) is 115 Å². The SMILES string of the molecule is NC(N)=O.Nc1ccc(O)cc1. The van der Waals surface area contributed by atoms with Crippen LogP contribution in [-0.2, 0) is 0 Å². The van der Waals surface area contributed by atoms with Crippen molar-refractivity contribution in [3.63, 3.8) is 0 Å². The number of nitrogen functional groups attached to an aromatic ring is 1. The fraction of sp³-hybridized carbons (Fsp3) is 0. The molecule has 5 heteroatoms. The van der Waals surface area contributed by atoms with E-state index in [1.54, 1.807) is 24.3 Å². The van der Waals surface area contributed by atoms with E-state index in [9.17, 15) is 0 Å². The van der Waals surface area contributed by atoms with Gasteiger partial charge in [0.1, 0.15) is 5.75 Å². The number of benzene rings is 1. The molecule has 12 heavy (non-hydrogen) atoms. The lowest BCUT2D eigenvalue weighted by molar-refractivity contribution is 0.256. The third-order valence-corrected chi connectivity index (χ3v) is 0.893. The highest BCUT2D eigenvalue weighted by Crippen LogP contribution is 2.09. The molecule has 0 aliphatic rings. The molecule has 0 unspecified atom stereocenters. The van der Waals surface area contributed by atoms with E-state index in [4.69, 9.17) is 15.6 Å². The number of primary amides is 2. The van der Waals surface area contributed by atoms with Crippen molar-refractivity contribution in [2.24, 2.45) is 11.5 Å². The maximum atomic E-state index is 9.00. The van der Waals surface area contributed by atoms with E-state index in [1.807, 2.05) is 0 Å². The first-order valence-electron chi connectivity index (χ1n) is 3.12.